The van der Waals surface area contributed by atoms with Gasteiger partial charge in [-0.05, 0) is 12.8 Å². The van der Waals surface area contributed by atoms with Gasteiger partial charge in [-0.15, -0.1) is 0 Å². The van der Waals surface area contributed by atoms with Gasteiger partial charge in [-0.25, -0.2) is 5.43 Å². The molecule has 0 aromatic rings. The SMILES string of the molecule is O=C(NN=CC(F)(F)F)C1CCCCC1. The van der Waals surface area contributed by atoms with Crippen LogP contribution in [0.5, 0.6) is 0 Å². The number of carbonyl (C=O) groups is 1. The van der Waals surface area contributed by atoms with E-state index in [1.807, 2.05) is 5.43 Å². The number of hydrogen-bond donors (Lipinski definition) is 1. The monoisotopic (exact) mass is 222 g/mol. The molecule has 15 heavy (non-hydrogen) atoms. The lowest BCUT2D eigenvalue weighted by Crippen LogP contribution is -2.29. The van der Waals surface area contributed by atoms with E-state index in [4.69, 9.17) is 0 Å². The van der Waals surface area contributed by atoms with E-state index in [1.54, 1.807) is 0 Å². The summed E-state index contributed by atoms with van der Waals surface area (Å²) in [5.74, 6) is -0.584. The first kappa shape index (κ1) is 12.0. The van der Waals surface area contributed by atoms with Crippen LogP contribution in [0.1, 0.15) is 32.1 Å². The molecule has 0 aliphatic heterocycles. The Balaban J connectivity index is 2.32. The summed E-state index contributed by atoms with van der Waals surface area (Å²) in [7, 11) is 0. The minimum absolute atomic E-state index is 0.177. The number of halogens is 3. The Morgan fingerprint density at radius 1 is 1.27 bits per heavy atom. The molecule has 6 heteroatoms. The summed E-state index contributed by atoms with van der Waals surface area (Å²) in [4.78, 5) is 11.3. The molecule has 1 saturated carbocycles. The smallest absolute Gasteiger partial charge is 0.273 e. The molecule has 0 saturated heterocycles. The summed E-state index contributed by atoms with van der Waals surface area (Å²) in [5, 5.41) is 2.87. The number of rotatable bonds is 2. The predicted molar refractivity (Wildman–Crippen MR) is 49.3 cm³/mol. The zero-order chi connectivity index (χ0) is 11.3. The molecule has 0 atom stereocenters. The Hall–Kier alpha value is -1.07. The van der Waals surface area contributed by atoms with Crippen LogP contribution in [0, 0.1) is 5.92 Å². The van der Waals surface area contributed by atoms with Gasteiger partial charge in [-0.2, -0.15) is 18.3 Å². The van der Waals surface area contributed by atoms with Gasteiger partial charge in [0.05, 0.1) is 0 Å². The molecule has 0 radical (unpaired) electrons. The van der Waals surface area contributed by atoms with Gasteiger partial charge >= 0.3 is 6.18 Å². The number of carbonyl (C=O) groups excluding carboxylic acids is 1. The van der Waals surface area contributed by atoms with E-state index in [2.05, 4.69) is 5.10 Å². The number of nitrogens with zero attached hydrogens (tertiary/aromatic N) is 1. The molecule has 86 valence electrons. The fourth-order valence-corrected chi connectivity index (χ4v) is 1.63. The van der Waals surface area contributed by atoms with Crippen molar-refractivity contribution in [2.75, 3.05) is 0 Å². The molecule has 0 aromatic heterocycles. The van der Waals surface area contributed by atoms with E-state index < -0.39 is 12.1 Å². The van der Waals surface area contributed by atoms with Gasteiger partial charge in [-0.1, -0.05) is 19.3 Å². The van der Waals surface area contributed by atoms with Crippen molar-refractivity contribution in [1.29, 1.82) is 0 Å². The predicted octanol–water partition coefficient (Wildman–Crippen LogP) is 2.23. The molecular weight excluding hydrogens is 209 g/mol. The highest BCUT2D eigenvalue weighted by atomic mass is 19.4. The maximum atomic E-state index is 11.6. The van der Waals surface area contributed by atoms with Crippen LogP contribution in [0.25, 0.3) is 0 Å². The lowest BCUT2D eigenvalue weighted by Gasteiger charge is -2.19. The Bertz CT molecular complexity index is 244. The second kappa shape index (κ2) is 5.14. The van der Waals surface area contributed by atoms with Crippen LogP contribution in [-0.4, -0.2) is 18.3 Å². The Labute approximate surface area is 85.7 Å². The van der Waals surface area contributed by atoms with E-state index in [1.165, 1.54) is 0 Å². The van der Waals surface area contributed by atoms with Crippen LogP contribution in [-0.2, 0) is 4.79 Å². The first-order valence-corrected chi connectivity index (χ1v) is 4.90. The Kier molecular flexibility index (Phi) is 4.11. The van der Waals surface area contributed by atoms with Crippen molar-refractivity contribution in [2.24, 2.45) is 11.0 Å². The average molecular weight is 222 g/mol. The Morgan fingerprint density at radius 2 is 1.87 bits per heavy atom. The molecule has 0 spiro atoms. The molecule has 3 nitrogen and oxygen atoms in total. The van der Waals surface area contributed by atoms with Crippen LogP contribution in [0.15, 0.2) is 5.10 Å². The van der Waals surface area contributed by atoms with Crippen LogP contribution >= 0.6 is 0 Å². The molecule has 0 unspecified atom stereocenters. The van der Waals surface area contributed by atoms with E-state index in [-0.39, 0.29) is 12.1 Å². The van der Waals surface area contributed by atoms with Gasteiger partial charge in [-0.3, -0.25) is 4.79 Å². The standard InChI is InChI=1S/C9H13F3N2O/c10-9(11,12)6-13-14-8(15)7-4-2-1-3-5-7/h6-7H,1-5H2,(H,14,15). The number of hydrazone groups is 1. The first-order valence-electron chi connectivity index (χ1n) is 4.90. The van der Waals surface area contributed by atoms with E-state index >= 15 is 0 Å². The topological polar surface area (TPSA) is 41.5 Å². The maximum Gasteiger partial charge on any atom is 0.428 e. The number of amides is 1. The molecule has 0 aromatic carbocycles. The molecule has 1 aliphatic rings. The van der Waals surface area contributed by atoms with Crippen molar-refractivity contribution >= 4 is 12.1 Å². The fourth-order valence-electron chi connectivity index (χ4n) is 1.63. The molecule has 0 heterocycles. The largest absolute Gasteiger partial charge is 0.428 e. The van der Waals surface area contributed by atoms with Crippen molar-refractivity contribution < 1.29 is 18.0 Å². The molecule has 1 aliphatic carbocycles. The van der Waals surface area contributed by atoms with E-state index in [0.29, 0.717) is 0 Å². The number of hydrogen-bond acceptors (Lipinski definition) is 2. The fraction of sp³-hybridized carbons (Fsp3) is 0.778. The van der Waals surface area contributed by atoms with Crippen molar-refractivity contribution in [3.63, 3.8) is 0 Å². The van der Waals surface area contributed by atoms with Gasteiger partial charge in [0.1, 0.15) is 6.21 Å². The van der Waals surface area contributed by atoms with E-state index in [9.17, 15) is 18.0 Å². The molecule has 1 fully saturated rings. The highest BCUT2D eigenvalue weighted by Gasteiger charge is 2.25. The van der Waals surface area contributed by atoms with Crippen LogP contribution in [0.4, 0.5) is 13.2 Å². The second-order valence-corrected chi connectivity index (χ2v) is 3.61. The quantitative estimate of drug-likeness (QED) is 0.565. The molecular formula is C9H13F3N2O. The maximum absolute atomic E-state index is 11.6. The van der Waals surface area contributed by atoms with Gasteiger partial charge in [0, 0.05) is 5.92 Å². The summed E-state index contributed by atoms with van der Waals surface area (Å²) in [6.07, 6.45) is -0.188. The molecule has 1 amide bonds. The zero-order valence-corrected chi connectivity index (χ0v) is 8.18. The summed E-state index contributed by atoms with van der Waals surface area (Å²) >= 11 is 0. The minimum atomic E-state index is -4.47. The summed E-state index contributed by atoms with van der Waals surface area (Å²) < 4.78 is 34.9. The summed E-state index contributed by atoms with van der Waals surface area (Å²) in [6, 6.07) is 0. The van der Waals surface area contributed by atoms with Gasteiger partial charge < -0.3 is 0 Å². The number of nitrogens with one attached hydrogen (secondary N) is 1. The minimum Gasteiger partial charge on any atom is -0.273 e. The average Bonchev–Trinajstić information content (AvgIpc) is 2.17. The van der Waals surface area contributed by atoms with Gasteiger partial charge in [0.2, 0.25) is 5.91 Å². The van der Waals surface area contributed by atoms with Crippen LogP contribution in [0.3, 0.4) is 0 Å². The lowest BCUT2D eigenvalue weighted by molar-refractivity contribution is -0.125. The van der Waals surface area contributed by atoms with Crippen molar-refractivity contribution in [3.05, 3.63) is 0 Å². The normalized spacial score (nSPS) is 19.4. The molecule has 1 N–H and O–H groups in total. The van der Waals surface area contributed by atoms with Crippen molar-refractivity contribution in [2.45, 2.75) is 38.3 Å². The third-order valence-corrected chi connectivity index (χ3v) is 2.36. The zero-order valence-electron chi connectivity index (χ0n) is 8.18. The van der Waals surface area contributed by atoms with Gasteiger partial charge in [0.15, 0.2) is 0 Å². The third-order valence-electron chi connectivity index (χ3n) is 2.36. The van der Waals surface area contributed by atoms with Crippen molar-refractivity contribution in [1.82, 2.24) is 5.43 Å². The van der Waals surface area contributed by atoms with Gasteiger partial charge in [0.25, 0.3) is 0 Å². The highest BCUT2D eigenvalue weighted by molar-refractivity contribution is 5.79. The number of alkyl halides is 3. The van der Waals surface area contributed by atoms with Crippen molar-refractivity contribution in [3.8, 4) is 0 Å². The second-order valence-electron chi connectivity index (χ2n) is 3.61. The first-order chi connectivity index (χ1) is 6.99. The molecule has 1 rings (SSSR count). The van der Waals surface area contributed by atoms with E-state index in [0.717, 1.165) is 32.1 Å². The van der Waals surface area contributed by atoms with Crippen LogP contribution < -0.4 is 5.43 Å². The highest BCUT2D eigenvalue weighted by Crippen LogP contribution is 2.23. The third kappa shape index (κ3) is 4.80. The molecule has 0 bridgehead atoms. The van der Waals surface area contributed by atoms with Crippen LogP contribution in [0.2, 0.25) is 0 Å². The summed E-state index contributed by atoms with van der Waals surface area (Å²) in [6.45, 7) is 0. The Morgan fingerprint density at radius 3 is 2.40 bits per heavy atom. The lowest BCUT2D eigenvalue weighted by atomic mass is 9.89. The summed E-state index contributed by atoms with van der Waals surface area (Å²) in [5.41, 5.74) is 1.92.